The molecule has 1 saturated heterocycles. The zero-order chi connectivity index (χ0) is 23.8. The van der Waals surface area contributed by atoms with Crippen LogP contribution in [0.3, 0.4) is 0 Å². The van der Waals surface area contributed by atoms with E-state index >= 15 is 0 Å². The molecule has 33 heavy (non-hydrogen) atoms. The van der Waals surface area contributed by atoms with E-state index in [1.807, 2.05) is 0 Å². The van der Waals surface area contributed by atoms with Crippen LogP contribution in [-0.4, -0.2) is 70.3 Å². The lowest BCUT2D eigenvalue weighted by Crippen LogP contribution is -2.37. The number of methoxy groups -OCH3 is 2. The molecule has 1 fully saturated rings. The number of fused-ring (bicyclic) bond motifs is 1. The minimum Gasteiger partial charge on any atom is -0.493 e. The highest BCUT2D eigenvalue weighted by Gasteiger charge is 2.31. The van der Waals surface area contributed by atoms with Gasteiger partial charge in [-0.3, -0.25) is 9.69 Å². The van der Waals surface area contributed by atoms with Gasteiger partial charge < -0.3 is 19.7 Å². The highest BCUT2D eigenvalue weighted by Crippen LogP contribution is 2.33. The molecule has 4 rings (SSSR count). The molecule has 12 heteroatoms. The molecule has 0 saturated carbocycles. The fourth-order valence-corrected chi connectivity index (χ4v) is 5.13. The number of ether oxygens (including phenoxy) is 2. The second kappa shape index (κ2) is 8.87. The van der Waals surface area contributed by atoms with Crippen molar-refractivity contribution in [1.82, 2.24) is 9.88 Å². The summed E-state index contributed by atoms with van der Waals surface area (Å²) in [4.78, 5) is 32.9. The average molecular weight is 491 g/mol. The van der Waals surface area contributed by atoms with Gasteiger partial charge >= 0.3 is 6.03 Å². The Balaban J connectivity index is 1.42. The van der Waals surface area contributed by atoms with Crippen molar-refractivity contribution in [1.29, 1.82) is 0 Å². The van der Waals surface area contributed by atoms with Crippen molar-refractivity contribution in [3.05, 3.63) is 36.4 Å². The van der Waals surface area contributed by atoms with E-state index in [9.17, 15) is 18.0 Å². The fraction of sp³-hybridized carbons (Fsp3) is 0.286. The maximum atomic E-state index is 12.9. The van der Waals surface area contributed by atoms with Gasteiger partial charge in [-0.25, -0.2) is 18.2 Å². The van der Waals surface area contributed by atoms with Crippen LogP contribution in [0.5, 0.6) is 11.5 Å². The molecular weight excluding hydrogens is 468 g/mol. The third-order valence-electron chi connectivity index (χ3n) is 5.14. The molecule has 174 valence electrons. The molecule has 3 aromatic rings. The van der Waals surface area contributed by atoms with E-state index in [1.165, 1.54) is 42.6 Å². The van der Waals surface area contributed by atoms with E-state index in [4.69, 9.17) is 9.47 Å². The number of thiazole rings is 1. The second-order valence-corrected chi connectivity index (χ2v) is 10.4. The van der Waals surface area contributed by atoms with Crippen LogP contribution in [0, 0.1) is 0 Å². The molecule has 3 amide bonds. The van der Waals surface area contributed by atoms with E-state index in [1.54, 1.807) is 29.2 Å². The van der Waals surface area contributed by atoms with Gasteiger partial charge in [-0.2, -0.15) is 0 Å². The van der Waals surface area contributed by atoms with Crippen LogP contribution < -0.4 is 19.7 Å². The monoisotopic (exact) mass is 490 g/mol. The Bertz CT molecular complexity index is 1340. The van der Waals surface area contributed by atoms with Gasteiger partial charge in [0.1, 0.15) is 6.54 Å². The molecule has 1 N–H and O–H groups in total. The molecule has 0 bridgehead atoms. The number of sulfone groups is 1. The number of rotatable bonds is 7. The number of carbonyl (C=O) groups excluding carboxylic acids is 2. The van der Waals surface area contributed by atoms with Crippen molar-refractivity contribution in [2.24, 2.45) is 0 Å². The summed E-state index contributed by atoms with van der Waals surface area (Å²) in [7, 11) is -0.280. The van der Waals surface area contributed by atoms with Crippen LogP contribution in [0.15, 0.2) is 41.3 Å². The van der Waals surface area contributed by atoms with Gasteiger partial charge in [-0.05, 0) is 30.3 Å². The van der Waals surface area contributed by atoms with Crippen LogP contribution in [0.4, 0.5) is 15.6 Å². The molecule has 1 aliphatic heterocycles. The number of aromatic nitrogens is 1. The first-order chi connectivity index (χ1) is 15.7. The first kappa shape index (κ1) is 22.8. The number of urea groups is 1. The fourth-order valence-electron chi connectivity index (χ4n) is 3.48. The number of benzene rings is 2. The summed E-state index contributed by atoms with van der Waals surface area (Å²) in [6.45, 7) is 0.683. The average Bonchev–Trinajstić information content (AvgIpc) is 3.34. The van der Waals surface area contributed by atoms with E-state index < -0.39 is 9.84 Å². The molecule has 0 unspecified atom stereocenters. The van der Waals surface area contributed by atoms with Crippen molar-refractivity contribution in [2.45, 2.75) is 4.90 Å². The maximum absolute atomic E-state index is 12.9. The summed E-state index contributed by atoms with van der Waals surface area (Å²) < 4.78 is 34.7. The number of hydrogen-bond donors (Lipinski definition) is 1. The van der Waals surface area contributed by atoms with Crippen LogP contribution in [0.2, 0.25) is 0 Å². The summed E-state index contributed by atoms with van der Waals surface area (Å²) >= 11 is 1.17. The van der Waals surface area contributed by atoms with Crippen molar-refractivity contribution in [3.8, 4) is 11.5 Å². The Kier molecular flexibility index (Phi) is 6.13. The quantitative estimate of drug-likeness (QED) is 0.541. The summed E-state index contributed by atoms with van der Waals surface area (Å²) in [6.07, 6.45) is 1.14. The zero-order valence-electron chi connectivity index (χ0n) is 18.2. The number of carbonyl (C=O) groups is 2. The van der Waals surface area contributed by atoms with Gasteiger partial charge in [0.25, 0.3) is 0 Å². The predicted octanol–water partition coefficient (Wildman–Crippen LogP) is 2.60. The van der Waals surface area contributed by atoms with Crippen molar-refractivity contribution < 1.29 is 27.5 Å². The second-order valence-electron chi connectivity index (χ2n) is 7.36. The van der Waals surface area contributed by atoms with E-state index in [0.29, 0.717) is 45.6 Å². The molecule has 0 atom stereocenters. The normalized spacial score (nSPS) is 14.1. The lowest BCUT2D eigenvalue weighted by Gasteiger charge is -2.19. The lowest BCUT2D eigenvalue weighted by atomic mass is 10.2. The first-order valence-corrected chi connectivity index (χ1v) is 12.6. The molecule has 1 aromatic heterocycles. The van der Waals surface area contributed by atoms with E-state index in [0.717, 1.165) is 6.26 Å². The summed E-state index contributed by atoms with van der Waals surface area (Å²) in [6, 6.07) is 9.51. The van der Waals surface area contributed by atoms with Crippen LogP contribution in [0.25, 0.3) is 10.2 Å². The number of nitrogens with zero attached hydrogens (tertiary/aromatic N) is 3. The minimum absolute atomic E-state index is 0.132. The minimum atomic E-state index is -3.34. The lowest BCUT2D eigenvalue weighted by molar-refractivity contribution is -0.116. The largest absolute Gasteiger partial charge is 0.493 e. The SMILES string of the molecule is COc1ccc(N2CCN(CC(=O)Nc3nc4ccc(S(C)(=O)=O)cc4s3)C2=O)cc1OC. The third kappa shape index (κ3) is 4.71. The number of amides is 3. The molecule has 0 spiro atoms. The van der Waals surface area contributed by atoms with Gasteiger partial charge in [-0.15, -0.1) is 0 Å². The number of anilines is 2. The molecule has 0 radical (unpaired) electrons. The smallest absolute Gasteiger partial charge is 0.325 e. The summed E-state index contributed by atoms with van der Waals surface area (Å²) in [5, 5.41) is 3.03. The van der Waals surface area contributed by atoms with Crippen LogP contribution in [0.1, 0.15) is 0 Å². The van der Waals surface area contributed by atoms with Crippen molar-refractivity contribution >= 4 is 54.1 Å². The third-order valence-corrected chi connectivity index (χ3v) is 7.19. The Morgan fingerprint density at radius 2 is 1.88 bits per heavy atom. The molecule has 2 aromatic carbocycles. The van der Waals surface area contributed by atoms with Crippen molar-refractivity contribution in [3.63, 3.8) is 0 Å². The summed E-state index contributed by atoms with van der Waals surface area (Å²) in [5.41, 5.74) is 1.23. The Morgan fingerprint density at radius 1 is 1.12 bits per heavy atom. The summed E-state index contributed by atoms with van der Waals surface area (Å²) in [5.74, 6) is 0.678. The topological polar surface area (TPSA) is 118 Å². The number of hydrogen-bond acceptors (Lipinski definition) is 8. The molecular formula is C21H22N4O6S2. The molecule has 10 nitrogen and oxygen atoms in total. The van der Waals surface area contributed by atoms with E-state index in [-0.39, 0.29) is 23.4 Å². The highest BCUT2D eigenvalue weighted by molar-refractivity contribution is 7.90. The Labute approximate surface area is 194 Å². The maximum Gasteiger partial charge on any atom is 0.325 e. The predicted molar refractivity (Wildman–Crippen MR) is 125 cm³/mol. The number of nitrogens with one attached hydrogen (secondary N) is 1. The van der Waals surface area contributed by atoms with Crippen LogP contribution in [-0.2, 0) is 14.6 Å². The molecule has 1 aliphatic rings. The Hall–Kier alpha value is -3.38. The van der Waals surface area contributed by atoms with Gasteiger partial charge in [-0.1, -0.05) is 11.3 Å². The highest BCUT2D eigenvalue weighted by atomic mass is 32.2. The molecule has 0 aliphatic carbocycles. The first-order valence-electron chi connectivity index (χ1n) is 9.88. The Morgan fingerprint density at radius 3 is 2.58 bits per heavy atom. The molecule has 2 heterocycles. The van der Waals surface area contributed by atoms with Crippen molar-refractivity contribution in [2.75, 3.05) is 50.3 Å². The van der Waals surface area contributed by atoms with Gasteiger partial charge in [0.2, 0.25) is 5.91 Å². The standard InChI is InChI=1S/C21H22N4O6S2/c1-30-16-7-4-13(10-17(16)31-2)25-9-8-24(21(25)27)12-19(26)23-20-22-15-6-5-14(33(3,28)29)11-18(15)32-20/h4-7,10-11H,8-9,12H2,1-3H3,(H,22,23,26). The van der Waals surface area contributed by atoms with Crippen LogP contribution >= 0.6 is 11.3 Å². The van der Waals surface area contributed by atoms with Gasteiger partial charge in [0.15, 0.2) is 26.5 Å². The van der Waals surface area contributed by atoms with E-state index in [2.05, 4.69) is 10.3 Å². The zero-order valence-corrected chi connectivity index (χ0v) is 19.8. The van der Waals surface area contributed by atoms with Gasteiger partial charge in [0.05, 0.1) is 29.3 Å². The van der Waals surface area contributed by atoms with Gasteiger partial charge in [0, 0.05) is 31.1 Å².